The molecule has 0 aromatic heterocycles. The fourth-order valence-electron chi connectivity index (χ4n) is 0.605. The Bertz CT molecular complexity index is 193. The molecule has 0 aromatic carbocycles. The molecular formula is C5H3ClF4O. The summed E-state index contributed by atoms with van der Waals surface area (Å²) in [5.74, 6) is -3.20. The van der Waals surface area contributed by atoms with Crippen LogP contribution in [0.15, 0.2) is 12.2 Å². The van der Waals surface area contributed by atoms with Crippen molar-refractivity contribution in [3.8, 4) is 0 Å². The zero-order valence-electron chi connectivity index (χ0n) is 5.03. The van der Waals surface area contributed by atoms with Gasteiger partial charge in [0.25, 0.3) is 5.85 Å². The molecule has 0 unspecified atom stereocenters. The molecule has 1 nitrogen and oxygen atoms in total. The van der Waals surface area contributed by atoms with E-state index in [2.05, 4.69) is 16.3 Å². The minimum Gasteiger partial charge on any atom is -0.271 e. The van der Waals surface area contributed by atoms with Gasteiger partial charge in [-0.25, -0.2) is 8.78 Å². The molecule has 2 atom stereocenters. The number of alkyl halides is 5. The molecule has 1 aliphatic rings. The van der Waals surface area contributed by atoms with E-state index in [-0.39, 0.29) is 12.2 Å². The van der Waals surface area contributed by atoms with Gasteiger partial charge >= 0.3 is 6.11 Å². The van der Waals surface area contributed by atoms with E-state index in [1.54, 1.807) is 0 Å². The average molecular weight is 191 g/mol. The van der Waals surface area contributed by atoms with Crippen molar-refractivity contribution in [1.82, 2.24) is 0 Å². The van der Waals surface area contributed by atoms with Gasteiger partial charge in [-0.05, 0) is 6.08 Å². The number of hydrogen-bond acceptors (Lipinski definition) is 1. The monoisotopic (exact) mass is 190 g/mol. The lowest BCUT2D eigenvalue weighted by Gasteiger charge is -2.19. The maximum atomic E-state index is 12.6. The zero-order chi connectivity index (χ0) is 8.70. The third-order valence-electron chi connectivity index (χ3n) is 1.09. The van der Waals surface area contributed by atoms with E-state index in [4.69, 9.17) is 0 Å². The Morgan fingerprint density at radius 2 is 1.82 bits per heavy atom. The third-order valence-corrected chi connectivity index (χ3v) is 1.39. The molecule has 0 saturated heterocycles. The maximum absolute atomic E-state index is 12.6. The summed E-state index contributed by atoms with van der Waals surface area (Å²) >= 11 is 4.60. The Labute approximate surface area is 64.6 Å². The van der Waals surface area contributed by atoms with Crippen molar-refractivity contribution < 1.29 is 22.3 Å². The van der Waals surface area contributed by atoms with Crippen LogP contribution in [0, 0.1) is 0 Å². The van der Waals surface area contributed by atoms with E-state index in [9.17, 15) is 17.6 Å². The maximum Gasteiger partial charge on any atom is 0.379 e. The van der Waals surface area contributed by atoms with Crippen molar-refractivity contribution >= 4 is 11.6 Å². The molecule has 0 aromatic rings. The second-order valence-electron chi connectivity index (χ2n) is 2.00. The van der Waals surface area contributed by atoms with Gasteiger partial charge in [0.05, 0.1) is 0 Å². The Kier molecular flexibility index (Phi) is 1.88. The van der Waals surface area contributed by atoms with Crippen LogP contribution in [0.5, 0.6) is 0 Å². The number of hydrogen-bond donors (Lipinski definition) is 0. The minimum absolute atomic E-state index is 0.113. The normalized spacial score (nSPS) is 37.5. The lowest BCUT2D eigenvalue weighted by molar-refractivity contribution is -0.279. The summed E-state index contributed by atoms with van der Waals surface area (Å²) in [4.78, 5) is 0. The van der Waals surface area contributed by atoms with Crippen molar-refractivity contribution in [1.29, 1.82) is 0 Å². The van der Waals surface area contributed by atoms with Crippen LogP contribution in [0.1, 0.15) is 0 Å². The second kappa shape index (κ2) is 2.35. The number of halogens is 5. The molecule has 64 valence electrons. The van der Waals surface area contributed by atoms with Crippen molar-refractivity contribution in [3.63, 3.8) is 0 Å². The Hall–Kier alpha value is -0.290. The van der Waals surface area contributed by atoms with Gasteiger partial charge in [-0.3, -0.25) is 4.74 Å². The quantitative estimate of drug-likeness (QED) is 0.350. The van der Waals surface area contributed by atoms with Crippen LogP contribution in [0.3, 0.4) is 0 Å². The molecule has 1 rings (SSSR count). The Morgan fingerprint density at radius 3 is 2.00 bits per heavy atom. The predicted molar refractivity (Wildman–Crippen MR) is 29.8 cm³/mol. The first kappa shape index (κ1) is 8.80. The predicted octanol–water partition coefficient (Wildman–Crippen LogP) is 2.37. The number of rotatable bonds is 1. The average Bonchev–Trinajstić information content (AvgIpc) is 2.08. The summed E-state index contributed by atoms with van der Waals surface area (Å²) in [5, 5.41) is 0. The van der Waals surface area contributed by atoms with Crippen molar-refractivity contribution in [2.75, 3.05) is 0 Å². The van der Waals surface area contributed by atoms with Crippen LogP contribution in [-0.4, -0.2) is 17.6 Å². The molecule has 0 spiro atoms. The lowest BCUT2D eigenvalue weighted by Crippen LogP contribution is -2.33. The van der Waals surface area contributed by atoms with Crippen molar-refractivity contribution in [2.45, 2.75) is 17.6 Å². The summed E-state index contributed by atoms with van der Waals surface area (Å²) in [6.45, 7) is 0. The largest absolute Gasteiger partial charge is 0.379 e. The number of ether oxygens (including phenoxy) is 1. The first-order valence-corrected chi connectivity index (χ1v) is 3.05. The smallest absolute Gasteiger partial charge is 0.271 e. The van der Waals surface area contributed by atoms with Gasteiger partial charge in [-0.1, -0.05) is 11.6 Å². The van der Waals surface area contributed by atoms with E-state index >= 15 is 0 Å². The van der Waals surface area contributed by atoms with Crippen LogP contribution in [0.2, 0.25) is 0 Å². The van der Waals surface area contributed by atoms with Crippen LogP contribution in [0.4, 0.5) is 17.6 Å². The van der Waals surface area contributed by atoms with Crippen LogP contribution < -0.4 is 0 Å². The minimum atomic E-state index is -3.77. The summed E-state index contributed by atoms with van der Waals surface area (Å²) in [5.41, 5.74) is -2.63. The van der Waals surface area contributed by atoms with Gasteiger partial charge in [0.1, 0.15) is 0 Å². The van der Waals surface area contributed by atoms with Crippen molar-refractivity contribution in [2.24, 2.45) is 0 Å². The van der Waals surface area contributed by atoms with Gasteiger partial charge in [0, 0.05) is 6.08 Å². The first-order valence-electron chi connectivity index (χ1n) is 2.61. The highest BCUT2D eigenvalue weighted by atomic mass is 35.5. The van der Waals surface area contributed by atoms with E-state index < -0.39 is 17.6 Å². The van der Waals surface area contributed by atoms with Gasteiger partial charge in [0.15, 0.2) is 0 Å². The highest BCUT2D eigenvalue weighted by Gasteiger charge is 2.51. The molecule has 0 fully saturated rings. The van der Waals surface area contributed by atoms with Crippen LogP contribution in [0.25, 0.3) is 0 Å². The Morgan fingerprint density at radius 1 is 1.27 bits per heavy atom. The Balaban J connectivity index is 2.76. The van der Waals surface area contributed by atoms with Gasteiger partial charge in [0.2, 0.25) is 5.63 Å². The van der Waals surface area contributed by atoms with E-state index in [1.807, 2.05) is 0 Å². The van der Waals surface area contributed by atoms with Crippen molar-refractivity contribution in [3.05, 3.63) is 12.2 Å². The summed E-state index contributed by atoms with van der Waals surface area (Å²) in [7, 11) is 0. The summed E-state index contributed by atoms with van der Waals surface area (Å²) in [6.07, 6.45) is -3.40. The molecule has 0 saturated carbocycles. The van der Waals surface area contributed by atoms with Gasteiger partial charge < -0.3 is 0 Å². The second-order valence-corrected chi connectivity index (χ2v) is 2.38. The molecule has 0 radical (unpaired) electrons. The molecular weight excluding hydrogens is 187 g/mol. The van der Waals surface area contributed by atoms with E-state index in [0.717, 1.165) is 0 Å². The SMILES string of the molecule is F[C@@H](Cl)[C@@]1(F)C=CC(F)(F)O1. The summed E-state index contributed by atoms with van der Waals surface area (Å²) < 4.78 is 52.1. The topological polar surface area (TPSA) is 9.23 Å². The summed E-state index contributed by atoms with van der Waals surface area (Å²) in [6, 6.07) is 0. The van der Waals surface area contributed by atoms with E-state index in [0.29, 0.717) is 0 Å². The highest BCUT2D eigenvalue weighted by molar-refractivity contribution is 6.20. The molecule has 1 aliphatic heterocycles. The van der Waals surface area contributed by atoms with Crippen LogP contribution >= 0.6 is 11.6 Å². The molecule has 0 aliphatic carbocycles. The first-order chi connectivity index (χ1) is 4.86. The zero-order valence-corrected chi connectivity index (χ0v) is 5.79. The van der Waals surface area contributed by atoms with Gasteiger partial charge in [-0.15, -0.1) is 0 Å². The highest BCUT2D eigenvalue weighted by Crippen LogP contribution is 2.39. The third kappa shape index (κ3) is 1.65. The molecule has 0 amide bonds. The molecule has 11 heavy (non-hydrogen) atoms. The van der Waals surface area contributed by atoms with Crippen LogP contribution in [-0.2, 0) is 4.74 Å². The van der Waals surface area contributed by atoms with E-state index in [1.165, 1.54) is 0 Å². The molecule has 6 heteroatoms. The lowest BCUT2D eigenvalue weighted by atomic mass is 10.3. The standard InChI is InChI=1S/C5H3ClF4O/c6-3(7)4(8)1-2-5(9,10)11-4/h1-3H/t3-,4-/m1/s1. The fraction of sp³-hybridized carbons (Fsp3) is 0.600. The van der Waals surface area contributed by atoms with Gasteiger partial charge in [-0.2, -0.15) is 8.78 Å². The molecule has 0 bridgehead atoms. The molecule has 1 heterocycles. The fourth-order valence-corrected chi connectivity index (χ4v) is 0.722. The molecule has 0 N–H and O–H groups in total.